The summed E-state index contributed by atoms with van der Waals surface area (Å²) in [6.45, 7) is 1.30. The van der Waals surface area contributed by atoms with Crippen LogP contribution in [0.1, 0.15) is 15.2 Å². The summed E-state index contributed by atoms with van der Waals surface area (Å²) in [7, 11) is 0. The molecule has 1 aliphatic rings. The van der Waals surface area contributed by atoms with Crippen LogP contribution in [-0.2, 0) is 6.18 Å². The summed E-state index contributed by atoms with van der Waals surface area (Å²) in [6, 6.07) is 15.6. The van der Waals surface area contributed by atoms with Crippen LogP contribution in [0.25, 0.3) is 10.4 Å². The number of alkyl halides is 3. The number of nitrogens with zero attached hydrogens (tertiary/aromatic N) is 2. The lowest BCUT2D eigenvalue weighted by molar-refractivity contribution is -0.137. The van der Waals surface area contributed by atoms with Gasteiger partial charge in [-0.25, -0.2) is 9.59 Å². The third-order valence-electron chi connectivity index (χ3n) is 5.33. The van der Waals surface area contributed by atoms with Gasteiger partial charge in [-0.1, -0.05) is 36.4 Å². The normalized spacial score (nSPS) is 14.3. The SMILES string of the molecule is O=C(O)c1sc(-c2ccccc2)cc1NC(=O)N1CCN(c2cccc(C(F)(F)F)c2)CC1. The number of hydrogen-bond donors (Lipinski definition) is 2. The quantitative estimate of drug-likeness (QED) is 0.524. The number of carboxylic acid groups (broad SMARTS) is 1. The van der Waals surface area contributed by atoms with Gasteiger partial charge >= 0.3 is 18.2 Å². The maximum Gasteiger partial charge on any atom is 0.416 e. The van der Waals surface area contributed by atoms with Gasteiger partial charge in [-0.3, -0.25) is 0 Å². The first-order chi connectivity index (χ1) is 15.7. The number of hydrogen-bond acceptors (Lipinski definition) is 4. The van der Waals surface area contributed by atoms with E-state index in [-0.39, 0.29) is 10.6 Å². The molecular formula is C23H20F3N3O3S. The number of benzene rings is 2. The Kier molecular flexibility index (Phi) is 6.28. The van der Waals surface area contributed by atoms with Gasteiger partial charge in [0.05, 0.1) is 11.3 Å². The molecule has 2 heterocycles. The Bertz CT molecular complexity index is 1160. The highest BCUT2D eigenvalue weighted by Gasteiger charge is 2.31. The number of aromatic carboxylic acids is 1. The standard InChI is InChI=1S/C23H20F3N3O3S/c24-23(25,26)16-7-4-8-17(13-16)28-9-11-29(12-10-28)22(32)27-18-14-19(33-20(18)21(30)31)15-5-2-1-3-6-15/h1-8,13-14H,9-12H2,(H,27,32)(H,30,31). The largest absolute Gasteiger partial charge is 0.477 e. The van der Waals surface area contributed by atoms with Crippen molar-refractivity contribution < 1.29 is 27.9 Å². The van der Waals surface area contributed by atoms with Crippen molar-refractivity contribution >= 4 is 34.7 Å². The highest BCUT2D eigenvalue weighted by Crippen LogP contribution is 2.35. The number of carbonyl (C=O) groups is 2. The molecule has 1 aromatic heterocycles. The molecule has 0 saturated carbocycles. The molecule has 2 amide bonds. The summed E-state index contributed by atoms with van der Waals surface area (Å²) in [5.41, 5.74) is 0.799. The molecule has 2 N–H and O–H groups in total. The van der Waals surface area contributed by atoms with Gasteiger partial charge in [-0.2, -0.15) is 13.2 Å². The predicted molar refractivity (Wildman–Crippen MR) is 121 cm³/mol. The number of rotatable bonds is 4. The van der Waals surface area contributed by atoms with E-state index in [9.17, 15) is 27.9 Å². The average Bonchev–Trinajstić information content (AvgIpc) is 3.23. The van der Waals surface area contributed by atoms with Gasteiger partial charge in [0, 0.05) is 36.7 Å². The zero-order valence-electron chi connectivity index (χ0n) is 17.3. The van der Waals surface area contributed by atoms with E-state index >= 15 is 0 Å². The first-order valence-electron chi connectivity index (χ1n) is 10.1. The summed E-state index contributed by atoms with van der Waals surface area (Å²) in [6.07, 6.45) is -4.42. The molecule has 1 fully saturated rings. The topological polar surface area (TPSA) is 72.9 Å². The van der Waals surface area contributed by atoms with Gasteiger partial charge in [0.2, 0.25) is 0 Å². The Labute approximate surface area is 191 Å². The van der Waals surface area contributed by atoms with E-state index in [1.807, 2.05) is 30.3 Å². The number of piperazine rings is 1. The second kappa shape index (κ2) is 9.14. The Balaban J connectivity index is 1.43. The molecule has 3 aromatic rings. The first kappa shape index (κ1) is 22.7. The monoisotopic (exact) mass is 475 g/mol. The zero-order chi connectivity index (χ0) is 23.6. The number of nitrogens with one attached hydrogen (secondary N) is 1. The Morgan fingerprint density at radius 3 is 2.27 bits per heavy atom. The van der Waals surface area contributed by atoms with Crippen LogP contribution >= 0.6 is 11.3 Å². The van der Waals surface area contributed by atoms with Crippen LogP contribution in [0.15, 0.2) is 60.7 Å². The van der Waals surface area contributed by atoms with Gasteiger partial charge in [0.15, 0.2) is 0 Å². The molecule has 0 aliphatic carbocycles. The molecule has 0 unspecified atom stereocenters. The predicted octanol–water partition coefficient (Wildman–Crippen LogP) is 5.49. The highest BCUT2D eigenvalue weighted by atomic mass is 32.1. The van der Waals surface area contributed by atoms with E-state index in [4.69, 9.17) is 0 Å². The van der Waals surface area contributed by atoms with Crippen molar-refractivity contribution in [1.82, 2.24) is 4.90 Å². The second-order valence-electron chi connectivity index (χ2n) is 7.48. The van der Waals surface area contributed by atoms with Gasteiger partial charge in [-0.15, -0.1) is 11.3 Å². The van der Waals surface area contributed by atoms with Crippen LogP contribution in [0.3, 0.4) is 0 Å². The van der Waals surface area contributed by atoms with Crippen LogP contribution in [0.4, 0.5) is 29.3 Å². The molecule has 10 heteroatoms. The van der Waals surface area contributed by atoms with E-state index in [2.05, 4.69) is 5.32 Å². The summed E-state index contributed by atoms with van der Waals surface area (Å²) in [4.78, 5) is 28.5. The number of carboxylic acids is 1. The Hall–Kier alpha value is -3.53. The molecule has 1 aliphatic heterocycles. The number of amides is 2. The molecule has 0 bridgehead atoms. The Morgan fingerprint density at radius 1 is 0.939 bits per heavy atom. The molecule has 4 rings (SSSR count). The van der Waals surface area contributed by atoms with Crippen LogP contribution < -0.4 is 10.2 Å². The van der Waals surface area contributed by atoms with Gasteiger partial charge in [0.25, 0.3) is 0 Å². The number of halogens is 3. The number of thiophene rings is 1. The van der Waals surface area contributed by atoms with Crippen molar-refractivity contribution in [3.05, 3.63) is 71.1 Å². The Morgan fingerprint density at radius 2 is 1.64 bits per heavy atom. The van der Waals surface area contributed by atoms with E-state index < -0.39 is 23.7 Å². The van der Waals surface area contributed by atoms with Gasteiger partial charge < -0.3 is 20.2 Å². The van der Waals surface area contributed by atoms with Crippen LogP contribution in [-0.4, -0.2) is 48.2 Å². The molecule has 0 spiro atoms. The minimum atomic E-state index is -4.42. The molecule has 6 nitrogen and oxygen atoms in total. The van der Waals surface area contributed by atoms with Crippen molar-refractivity contribution in [3.8, 4) is 10.4 Å². The van der Waals surface area contributed by atoms with E-state index in [0.29, 0.717) is 31.9 Å². The van der Waals surface area contributed by atoms with Crippen LogP contribution in [0.2, 0.25) is 0 Å². The average molecular weight is 475 g/mol. The van der Waals surface area contributed by atoms with E-state index in [1.54, 1.807) is 17.0 Å². The summed E-state index contributed by atoms with van der Waals surface area (Å²) in [5.74, 6) is -1.13. The van der Waals surface area contributed by atoms with Crippen LogP contribution in [0, 0.1) is 0 Å². The van der Waals surface area contributed by atoms with Crippen molar-refractivity contribution in [2.24, 2.45) is 0 Å². The van der Waals surface area contributed by atoms with E-state index in [0.717, 1.165) is 33.9 Å². The third-order valence-corrected chi connectivity index (χ3v) is 6.50. The number of carbonyl (C=O) groups excluding carboxylic acids is 1. The highest BCUT2D eigenvalue weighted by molar-refractivity contribution is 7.18. The van der Waals surface area contributed by atoms with Gasteiger partial charge in [-0.05, 0) is 29.8 Å². The minimum absolute atomic E-state index is 0.0322. The molecule has 33 heavy (non-hydrogen) atoms. The fourth-order valence-corrected chi connectivity index (χ4v) is 4.59. The number of urea groups is 1. The summed E-state index contributed by atoms with van der Waals surface area (Å²) < 4.78 is 39.0. The smallest absolute Gasteiger partial charge is 0.416 e. The molecular weight excluding hydrogens is 455 g/mol. The van der Waals surface area contributed by atoms with Crippen LogP contribution in [0.5, 0.6) is 0 Å². The zero-order valence-corrected chi connectivity index (χ0v) is 18.1. The maximum atomic E-state index is 13.0. The second-order valence-corrected chi connectivity index (χ2v) is 8.53. The van der Waals surface area contributed by atoms with Crippen molar-refractivity contribution in [2.45, 2.75) is 6.18 Å². The number of anilines is 2. The van der Waals surface area contributed by atoms with Crippen molar-refractivity contribution in [1.29, 1.82) is 0 Å². The lowest BCUT2D eigenvalue weighted by atomic mass is 10.1. The first-order valence-corrected chi connectivity index (χ1v) is 10.9. The van der Waals surface area contributed by atoms with Gasteiger partial charge in [0.1, 0.15) is 4.88 Å². The fourth-order valence-electron chi connectivity index (χ4n) is 3.63. The molecule has 172 valence electrons. The minimum Gasteiger partial charge on any atom is -0.477 e. The fraction of sp³-hybridized carbons (Fsp3) is 0.217. The van der Waals surface area contributed by atoms with Crippen molar-refractivity contribution in [2.75, 3.05) is 36.4 Å². The summed E-state index contributed by atoms with van der Waals surface area (Å²) >= 11 is 1.08. The van der Waals surface area contributed by atoms with Crippen molar-refractivity contribution in [3.63, 3.8) is 0 Å². The summed E-state index contributed by atoms with van der Waals surface area (Å²) in [5, 5.41) is 12.2. The molecule has 2 aromatic carbocycles. The maximum absolute atomic E-state index is 13.0. The third kappa shape index (κ3) is 5.11. The van der Waals surface area contributed by atoms with E-state index in [1.165, 1.54) is 11.0 Å². The lowest BCUT2D eigenvalue weighted by Gasteiger charge is -2.36. The molecule has 0 radical (unpaired) electrons. The lowest BCUT2D eigenvalue weighted by Crippen LogP contribution is -2.50. The molecule has 0 atom stereocenters. The molecule has 1 saturated heterocycles.